The van der Waals surface area contributed by atoms with E-state index >= 15 is 0 Å². The van der Waals surface area contributed by atoms with Crippen molar-refractivity contribution in [1.82, 2.24) is 0 Å². The highest BCUT2D eigenvalue weighted by Gasteiger charge is 2.66. The lowest BCUT2D eigenvalue weighted by Crippen LogP contribution is -2.57. The molecule has 6 atom stereocenters. The molecule has 0 amide bonds. The molecule has 0 bridgehead atoms. The van der Waals surface area contributed by atoms with Crippen molar-refractivity contribution in [2.24, 2.45) is 28.6 Å². The van der Waals surface area contributed by atoms with Crippen LogP contribution in [0.15, 0.2) is 23.3 Å². The van der Waals surface area contributed by atoms with Gasteiger partial charge in [0.25, 0.3) is 0 Å². The zero-order chi connectivity index (χ0) is 18.9. The molecule has 142 valence electrons. The second-order valence-electron chi connectivity index (χ2n) is 9.49. The van der Waals surface area contributed by atoms with Crippen molar-refractivity contribution in [2.75, 3.05) is 6.61 Å². The molecule has 0 aliphatic heterocycles. The molecule has 4 aliphatic rings. The van der Waals surface area contributed by atoms with Crippen LogP contribution in [-0.4, -0.2) is 34.0 Å². The quantitative estimate of drug-likeness (QED) is 0.744. The van der Waals surface area contributed by atoms with Crippen LogP contribution in [0.3, 0.4) is 0 Å². The highest BCUT2D eigenvalue weighted by atomic mass is 16.3. The van der Waals surface area contributed by atoms with Gasteiger partial charge < -0.3 is 10.2 Å². The van der Waals surface area contributed by atoms with Gasteiger partial charge >= 0.3 is 0 Å². The molecule has 0 aromatic heterocycles. The average Bonchev–Trinajstić information content (AvgIpc) is 2.83. The first kappa shape index (κ1) is 18.1. The smallest absolute Gasteiger partial charge is 0.190 e. The number of hydrogen-bond acceptors (Lipinski definition) is 4. The molecule has 0 spiro atoms. The molecule has 2 fully saturated rings. The van der Waals surface area contributed by atoms with E-state index in [2.05, 4.69) is 19.1 Å². The van der Waals surface area contributed by atoms with Crippen LogP contribution in [0.5, 0.6) is 0 Å². The number of Topliss-reactive ketones (excluding diaryl/α,β-unsaturated/α-hetero) is 2. The Hall–Kier alpha value is -1.26. The fraction of sp³-hybridized carbons (Fsp3) is 0.727. The zero-order valence-electron chi connectivity index (χ0n) is 16.0. The third-order valence-corrected chi connectivity index (χ3v) is 8.47. The fourth-order valence-electron chi connectivity index (χ4n) is 6.84. The van der Waals surface area contributed by atoms with Crippen molar-refractivity contribution >= 4 is 11.6 Å². The summed E-state index contributed by atoms with van der Waals surface area (Å²) in [4.78, 5) is 24.5. The summed E-state index contributed by atoms with van der Waals surface area (Å²) >= 11 is 0. The van der Waals surface area contributed by atoms with Crippen molar-refractivity contribution in [1.29, 1.82) is 0 Å². The van der Waals surface area contributed by atoms with Crippen molar-refractivity contribution in [3.05, 3.63) is 23.3 Å². The molecule has 2 N–H and O–H groups in total. The summed E-state index contributed by atoms with van der Waals surface area (Å²) in [5.41, 5.74) is 0.669. The van der Waals surface area contributed by atoms with Gasteiger partial charge in [0.15, 0.2) is 5.78 Å². The second-order valence-corrected chi connectivity index (χ2v) is 9.49. The van der Waals surface area contributed by atoms with Crippen LogP contribution in [0, 0.1) is 28.6 Å². The standard InChI is InChI=1S/C22H30O4/c1-13-10-18-16-5-4-14-11-15(24)6-8-20(14,2)17(16)7-9-21(18,3)22(13,26)19(25)12-23/h4,7,13,16,18,23,26H,5-6,8-12H2,1-3H3/t13?,16-,18+,20+,21+,22+/m1/s1. The zero-order valence-corrected chi connectivity index (χ0v) is 16.0. The molecule has 26 heavy (non-hydrogen) atoms. The Morgan fingerprint density at radius 3 is 2.73 bits per heavy atom. The topological polar surface area (TPSA) is 74.6 Å². The number of aliphatic hydroxyl groups excluding tert-OH is 1. The number of hydrogen-bond donors (Lipinski definition) is 2. The van der Waals surface area contributed by atoms with E-state index in [0.29, 0.717) is 31.0 Å². The maximum absolute atomic E-state index is 12.5. The first-order chi connectivity index (χ1) is 12.2. The summed E-state index contributed by atoms with van der Waals surface area (Å²) in [6.07, 6.45) is 8.97. The van der Waals surface area contributed by atoms with E-state index in [1.54, 1.807) is 0 Å². The lowest BCUT2D eigenvalue weighted by Gasteiger charge is -2.54. The largest absolute Gasteiger partial charge is 0.388 e. The summed E-state index contributed by atoms with van der Waals surface area (Å²) in [6, 6.07) is 0. The maximum Gasteiger partial charge on any atom is 0.190 e. The van der Waals surface area contributed by atoms with Crippen LogP contribution < -0.4 is 0 Å². The Morgan fingerprint density at radius 2 is 2.04 bits per heavy atom. The van der Waals surface area contributed by atoms with Gasteiger partial charge in [-0.25, -0.2) is 0 Å². The van der Waals surface area contributed by atoms with Crippen LogP contribution in [0.4, 0.5) is 0 Å². The number of carbonyl (C=O) groups excluding carboxylic acids is 2. The van der Waals surface area contributed by atoms with Gasteiger partial charge in [-0.3, -0.25) is 9.59 Å². The lowest BCUT2D eigenvalue weighted by molar-refractivity contribution is -0.161. The summed E-state index contributed by atoms with van der Waals surface area (Å²) < 4.78 is 0. The fourth-order valence-corrected chi connectivity index (χ4v) is 6.84. The highest BCUT2D eigenvalue weighted by Crippen LogP contribution is 2.66. The van der Waals surface area contributed by atoms with Gasteiger partial charge in [0.05, 0.1) is 0 Å². The van der Waals surface area contributed by atoms with Crippen LogP contribution in [0.25, 0.3) is 0 Å². The minimum absolute atomic E-state index is 0.0386. The van der Waals surface area contributed by atoms with E-state index in [0.717, 1.165) is 19.3 Å². The molecule has 4 nitrogen and oxygen atoms in total. The molecule has 4 aliphatic carbocycles. The molecular weight excluding hydrogens is 328 g/mol. The number of carbonyl (C=O) groups is 2. The van der Waals surface area contributed by atoms with Crippen molar-refractivity contribution in [3.8, 4) is 0 Å². The van der Waals surface area contributed by atoms with Gasteiger partial charge in [0.1, 0.15) is 18.0 Å². The maximum atomic E-state index is 12.5. The van der Waals surface area contributed by atoms with E-state index in [1.807, 2.05) is 13.8 Å². The molecular formula is C22H30O4. The number of rotatable bonds is 2. The highest BCUT2D eigenvalue weighted by molar-refractivity contribution is 5.90. The van der Waals surface area contributed by atoms with Crippen LogP contribution in [-0.2, 0) is 9.59 Å². The Morgan fingerprint density at radius 1 is 1.31 bits per heavy atom. The summed E-state index contributed by atoms with van der Waals surface area (Å²) in [6.45, 7) is 5.65. The molecule has 2 saturated carbocycles. The number of aliphatic hydroxyl groups is 2. The number of allylic oxidation sites excluding steroid dienone is 4. The summed E-state index contributed by atoms with van der Waals surface area (Å²) in [5.74, 6) is 0.291. The van der Waals surface area contributed by atoms with Crippen molar-refractivity contribution < 1.29 is 19.8 Å². The van der Waals surface area contributed by atoms with E-state index in [-0.39, 0.29) is 17.3 Å². The summed E-state index contributed by atoms with van der Waals surface area (Å²) in [7, 11) is 0. The number of fused-ring (bicyclic) bond motifs is 5. The number of ketones is 2. The Labute approximate surface area is 155 Å². The molecule has 0 aromatic carbocycles. The van der Waals surface area contributed by atoms with Gasteiger partial charge in [-0.2, -0.15) is 0 Å². The minimum Gasteiger partial charge on any atom is -0.388 e. The molecule has 0 aromatic rings. The molecule has 1 unspecified atom stereocenters. The van der Waals surface area contributed by atoms with Gasteiger partial charge in [0.2, 0.25) is 0 Å². The van der Waals surface area contributed by atoms with Gasteiger partial charge in [0, 0.05) is 23.7 Å². The average molecular weight is 358 g/mol. The van der Waals surface area contributed by atoms with Gasteiger partial charge in [-0.05, 0) is 43.4 Å². The Kier molecular flexibility index (Phi) is 3.92. The van der Waals surface area contributed by atoms with Crippen LogP contribution >= 0.6 is 0 Å². The van der Waals surface area contributed by atoms with E-state index in [1.165, 1.54) is 11.1 Å². The van der Waals surface area contributed by atoms with E-state index in [4.69, 9.17) is 0 Å². The van der Waals surface area contributed by atoms with Crippen LogP contribution in [0.1, 0.15) is 59.3 Å². The van der Waals surface area contributed by atoms with Crippen molar-refractivity contribution in [2.45, 2.75) is 64.9 Å². The van der Waals surface area contributed by atoms with Gasteiger partial charge in [-0.15, -0.1) is 0 Å². The molecule has 0 radical (unpaired) electrons. The third-order valence-electron chi connectivity index (χ3n) is 8.47. The van der Waals surface area contributed by atoms with E-state index in [9.17, 15) is 19.8 Å². The molecule has 4 heteroatoms. The SMILES string of the molecule is CC1C[C@H]2[C@@H]3CC=C4CC(=O)CC[C@]4(C)C3=CC[C@]2(C)[C@@]1(O)C(=O)CO. The van der Waals surface area contributed by atoms with Crippen molar-refractivity contribution in [3.63, 3.8) is 0 Å². The molecule has 0 saturated heterocycles. The predicted octanol–water partition coefficient (Wildman–Crippen LogP) is 2.98. The van der Waals surface area contributed by atoms with E-state index < -0.39 is 23.4 Å². The minimum atomic E-state index is -1.46. The van der Waals surface area contributed by atoms with Gasteiger partial charge in [-0.1, -0.05) is 44.1 Å². The second kappa shape index (κ2) is 5.62. The molecule has 4 rings (SSSR count). The monoisotopic (exact) mass is 358 g/mol. The lowest BCUT2D eigenvalue weighted by atomic mass is 9.51. The first-order valence-electron chi connectivity index (χ1n) is 9.96. The molecule has 0 heterocycles. The normalized spacial score (nSPS) is 47.4. The Bertz CT molecular complexity index is 734. The van der Waals surface area contributed by atoms with Crippen LogP contribution in [0.2, 0.25) is 0 Å². The third kappa shape index (κ3) is 2.03. The predicted molar refractivity (Wildman–Crippen MR) is 98.3 cm³/mol. The first-order valence-corrected chi connectivity index (χ1v) is 9.96. The Balaban J connectivity index is 1.77. The summed E-state index contributed by atoms with van der Waals surface area (Å²) in [5, 5.41) is 20.9.